The van der Waals surface area contributed by atoms with E-state index in [4.69, 9.17) is 0 Å². The minimum atomic E-state index is 0.0596. The molecule has 1 saturated carbocycles. The van der Waals surface area contributed by atoms with Crippen LogP contribution in [0.3, 0.4) is 0 Å². The van der Waals surface area contributed by atoms with E-state index < -0.39 is 0 Å². The van der Waals surface area contributed by atoms with Crippen LogP contribution in [0.25, 0.3) is 0 Å². The van der Waals surface area contributed by atoms with E-state index in [1.807, 2.05) is 24.3 Å². The molecule has 3 heteroatoms. The molecule has 1 aromatic rings. The monoisotopic (exact) mass is 329 g/mol. The average molecular weight is 329 g/mol. The fraction of sp³-hybridized carbons (Fsp3) is 0.462. The summed E-state index contributed by atoms with van der Waals surface area (Å²) in [6, 6.07) is 7.69. The summed E-state index contributed by atoms with van der Waals surface area (Å²) in [6.45, 7) is 0.814. The van der Waals surface area contributed by atoms with Crippen LogP contribution in [0, 0.1) is 9.49 Å². The highest BCUT2D eigenvalue weighted by Crippen LogP contribution is 2.28. The second-order valence-corrected chi connectivity index (χ2v) is 5.48. The van der Waals surface area contributed by atoms with Gasteiger partial charge in [-0.15, -0.1) is 0 Å². The Kier molecular flexibility index (Phi) is 4.21. The van der Waals surface area contributed by atoms with Gasteiger partial charge >= 0.3 is 0 Å². The smallest absolute Gasteiger partial charge is 0.252 e. The number of halogens is 1. The maximum Gasteiger partial charge on any atom is 0.252 e. The van der Waals surface area contributed by atoms with Crippen LogP contribution in [0.1, 0.15) is 36.0 Å². The van der Waals surface area contributed by atoms with Crippen molar-refractivity contribution in [1.29, 1.82) is 0 Å². The molecule has 0 spiro atoms. The van der Waals surface area contributed by atoms with Crippen molar-refractivity contribution in [3.63, 3.8) is 0 Å². The Hall–Kier alpha value is -0.580. The van der Waals surface area contributed by atoms with Gasteiger partial charge in [0.25, 0.3) is 5.91 Å². The van der Waals surface area contributed by atoms with Crippen LogP contribution in [-0.4, -0.2) is 12.5 Å². The van der Waals surface area contributed by atoms with E-state index in [2.05, 4.69) is 27.9 Å². The van der Waals surface area contributed by atoms with Crippen molar-refractivity contribution in [1.82, 2.24) is 5.32 Å². The zero-order valence-corrected chi connectivity index (χ0v) is 11.4. The van der Waals surface area contributed by atoms with E-state index in [1.54, 1.807) is 0 Å². The van der Waals surface area contributed by atoms with Crippen molar-refractivity contribution < 1.29 is 4.79 Å². The molecule has 0 atom stereocenters. The van der Waals surface area contributed by atoms with E-state index >= 15 is 0 Å². The van der Waals surface area contributed by atoms with Gasteiger partial charge in [-0.2, -0.15) is 0 Å². The highest BCUT2D eigenvalue weighted by molar-refractivity contribution is 14.1. The molecule has 86 valence electrons. The van der Waals surface area contributed by atoms with Crippen LogP contribution in [0.4, 0.5) is 0 Å². The van der Waals surface area contributed by atoms with E-state index in [1.165, 1.54) is 19.3 Å². The molecule has 0 aromatic heterocycles. The van der Waals surface area contributed by atoms with Gasteiger partial charge in [-0.25, -0.2) is 0 Å². The Bertz CT molecular complexity index is 374. The quantitative estimate of drug-likeness (QED) is 0.845. The van der Waals surface area contributed by atoms with Gasteiger partial charge in [0.15, 0.2) is 0 Å². The highest BCUT2D eigenvalue weighted by atomic mass is 127. The van der Waals surface area contributed by atoms with E-state index in [0.29, 0.717) is 0 Å². The summed E-state index contributed by atoms with van der Waals surface area (Å²) in [5.41, 5.74) is 0.789. The minimum Gasteiger partial charge on any atom is -0.352 e. The van der Waals surface area contributed by atoms with Gasteiger partial charge in [-0.3, -0.25) is 4.79 Å². The van der Waals surface area contributed by atoms with Gasteiger partial charge in [0.05, 0.1) is 5.56 Å². The Balaban J connectivity index is 1.81. The molecule has 0 aliphatic heterocycles. The molecule has 0 saturated heterocycles. The molecule has 0 bridgehead atoms. The number of amides is 1. The fourth-order valence-electron chi connectivity index (χ4n) is 1.91. The summed E-state index contributed by atoms with van der Waals surface area (Å²) < 4.78 is 1.02. The number of nitrogens with one attached hydrogen (secondary N) is 1. The zero-order chi connectivity index (χ0) is 11.4. The van der Waals surface area contributed by atoms with E-state index in [0.717, 1.165) is 28.0 Å². The van der Waals surface area contributed by atoms with Crippen molar-refractivity contribution in [2.24, 2.45) is 5.92 Å². The first-order valence-corrected chi connectivity index (χ1v) is 6.88. The van der Waals surface area contributed by atoms with Gasteiger partial charge in [-0.05, 0) is 47.1 Å². The lowest BCUT2D eigenvalue weighted by atomic mass is 9.83. The van der Waals surface area contributed by atoms with E-state index in [-0.39, 0.29) is 5.91 Å². The molecule has 0 unspecified atom stereocenters. The Labute approximate surface area is 110 Å². The third kappa shape index (κ3) is 2.97. The first-order chi connectivity index (χ1) is 7.77. The summed E-state index contributed by atoms with van der Waals surface area (Å²) >= 11 is 2.20. The highest BCUT2D eigenvalue weighted by Gasteiger charge is 2.17. The Morgan fingerprint density at radius 1 is 1.38 bits per heavy atom. The number of hydrogen-bond donors (Lipinski definition) is 1. The first-order valence-electron chi connectivity index (χ1n) is 5.80. The van der Waals surface area contributed by atoms with Crippen molar-refractivity contribution >= 4 is 28.5 Å². The predicted octanol–water partition coefficient (Wildman–Crippen LogP) is 3.21. The second-order valence-electron chi connectivity index (χ2n) is 4.32. The van der Waals surface area contributed by atoms with Crippen LogP contribution in [0.5, 0.6) is 0 Å². The van der Waals surface area contributed by atoms with E-state index in [9.17, 15) is 4.79 Å². The van der Waals surface area contributed by atoms with Crippen molar-refractivity contribution in [2.75, 3.05) is 6.54 Å². The van der Waals surface area contributed by atoms with Gasteiger partial charge in [0.1, 0.15) is 0 Å². The number of rotatable bonds is 4. The lowest BCUT2D eigenvalue weighted by molar-refractivity contribution is 0.0948. The van der Waals surface area contributed by atoms with Crippen molar-refractivity contribution in [2.45, 2.75) is 25.7 Å². The molecule has 1 N–H and O–H groups in total. The van der Waals surface area contributed by atoms with Crippen LogP contribution in [0.2, 0.25) is 0 Å². The molecule has 1 aliphatic carbocycles. The zero-order valence-electron chi connectivity index (χ0n) is 9.21. The topological polar surface area (TPSA) is 29.1 Å². The lowest BCUT2D eigenvalue weighted by Gasteiger charge is -2.25. The van der Waals surface area contributed by atoms with Crippen LogP contribution in [0.15, 0.2) is 24.3 Å². The molecule has 1 amide bonds. The SMILES string of the molecule is O=C(NCCC1CCC1)c1ccccc1I. The van der Waals surface area contributed by atoms with Gasteiger partial charge in [0.2, 0.25) is 0 Å². The van der Waals surface area contributed by atoms with Gasteiger partial charge < -0.3 is 5.32 Å². The summed E-state index contributed by atoms with van der Waals surface area (Å²) in [4.78, 5) is 11.8. The summed E-state index contributed by atoms with van der Waals surface area (Å²) in [6.07, 6.45) is 5.20. The lowest BCUT2D eigenvalue weighted by Crippen LogP contribution is -2.27. The fourth-order valence-corrected chi connectivity index (χ4v) is 2.54. The molecular formula is C13H16INO. The maximum absolute atomic E-state index is 11.8. The maximum atomic E-state index is 11.8. The molecule has 0 heterocycles. The number of hydrogen-bond acceptors (Lipinski definition) is 1. The molecule has 16 heavy (non-hydrogen) atoms. The molecule has 2 nitrogen and oxygen atoms in total. The number of carbonyl (C=O) groups excluding carboxylic acids is 1. The minimum absolute atomic E-state index is 0.0596. The van der Waals surface area contributed by atoms with Crippen LogP contribution < -0.4 is 5.32 Å². The second kappa shape index (κ2) is 5.66. The molecule has 1 fully saturated rings. The van der Waals surface area contributed by atoms with Crippen LogP contribution in [-0.2, 0) is 0 Å². The van der Waals surface area contributed by atoms with Crippen molar-refractivity contribution in [3.05, 3.63) is 33.4 Å². The molecule has 1 aromatic carbocycles. The molecule has 1 aliphatic rings. The number of carbonyl (C=O) groups is 1. The van der Waals surface area contributed by atoms with Crippen molar-refractivity contribution in [3.8, 4) is 0 Å². The molecular weight excluding hydrogens is 313 g/mol. The Morgan fingerprint density at radius 2 is 2.12 bits per heavy atom. The number of benzene rings is 1. The van der Waals surface area contributed by atoms with Gasteiger partial charge in [0, 0.05) is 10.1 Å². The molecule has 0 radical (unpaired) electrons. The van der Waals surface area contributed by atoms with Crippen LogP contribution >= 0.6 is 22.6 Å². The third-order valence-electron chi connectivity index (χ3n) is 3.18. The summed E-state index contributed by atoms with van der Waals surface area (Å²) in [5.74, 6) is 0.916. The summed E-state index contributed by atoms with van der Waals surface area (Å²) in [5, 5.41) is 3.00. The van der Waals surface area contributed by atoms with Gasteiger partial charge in [-0.1, -0.05) is 31.4 Å². The first kappa shape index (κ1) is 11.9. The molecule has 2 rings (SSSR count). The standard InChI is InChI=1S/C13H16INO/c14-12-7-2-1-6-11(12)13(16)15-9-8-10-4-3-5-10/h1-2,6-7,10H,3-5,8-9H2,(H,15,16). The summed E-state index contributed by atoms with van der Waals surface area (Å²) in [7, 11) is 0. The Morgan fingerprint density at radius 3 is 2.75 bits per heavy atom. The predicted molar refractivity (Wildman–Crippen MR) is 73.5 cm³/mol. The normalized spacial score (nSPS) is 15.6. The average Bonchev–Trinajstić information content (AvgIpc) is 2.22. The largest absolute Gasteiger partial charge is 0.352 e. The third-order valence-corrected chi connectivity index (χ3v) is 4.12.